The van der Waals surface area contributed by atoms with Gasteiger partial charge in [0.25, 0.3) is 0 Å². The average molecular weight is 781 g/mol. The lowest BCUT2D eigenvalue weighted by molar-refractivity contribution is -0.138. The predicted octanol–water partition coefficient (Wildman–Crippen LogP) is 7.57. The molecule has 0 aliphatic rings. The number of carbonyl (C=O) groups excluding carboxylic acids is 4. The van der Waals surface area contributed by atoms with Crippen LogP contribution in [0.4, 0.5) is 0 Å². The molecular weight excluding hydrogens is 741 g/mol. The SMILES string of the molecule is [C-]#[N+]/C(=C\c1ccc(OCCCCOC(=O)C=C)c(OC)c1)C(=O)Sc1ccc(OC(=O)/C(C#N)=C/c2ccc(OCCCCOC(=O)C=C)c(OC)c2)cc1. The molecule has 13 nitrogen and oxygen atoms in total. The molecule has 0 heterocycles. The summed E-state index contributed by atoms with van der Waals surface area (Å²) in [6.07, 6.45) is 7.48. The minimum Gasteiger partial charge on any atom is -0.493 e. The van der Waals surface area contributed by atoms with Gasteiger partial charge in [-0.05, 0) is 97.5 Å². The maximum Gasteiger partial charge on any atom is 0.354 e. The number of esters is 3. The van der Waals surface area contributed by atoms with Crippen LogP contribution in [0.15, 0.2) is 102 Å². The first-order valence-corrected chi connectivity index (χ1v) is 17.9. The van der Waals surface area contributed by atoms with Crippen molar-refractivity contribution in [3.63, 3.8) is 0 Å². The number of nitriles is 1. The summed E-state index contributed by atoms with van der Waals surface area (Å²) in [5.41, 5.74) is 0.650. The fraction of sp³-hybridized carbons (Fsp3) is 0.238. The molecule has 3 aromatic carbocycles. The van der Waals surface area contributed by atoms with Crippen LogP contribution in [0.5, 0.6) is 28.7 Å². The van der Waals surface area contributed by atoms with Crippen LogP contribution in [0.25, 0.3) is 17.0 Å². The van der Waals surface area contributed by atoms with Gasteiger partial charge in [-0.2, -0.15) is 5.26 Å². The van der Waals surface area contributed by atoms with Gasteiger partial charge in [-0.3, -0.25) is 4.79 Å². The van der Waals surface area contributed by atoms with Gasteiger partial charge in [-0.15, -0.1) is 0 Å². The monoisotopic (exact) mass is 780 g/mol. The highest BCUT2D eigenvalue weighted by Gasteiger charge is 2.16. The Morgan fingerprint density at radius 3 is 1.70 bits per heavy atom. The lowest BCUT2D eigenvalue weighted by Gasteiger charge is -2.11. The summed E-state index contributed by atoms with van der Waals surface area (Å²) in [6, 6.07) is 17.8. The fourth-order valence-electron chi connectivity index (χ4n) is 4.52. The third-order valence-corrected chi connectivity index (χ3v) is 8.22. The molecule has 0 spiro atoms. The second kappa shape index (κ2) is 23.8. The number of thioether (sulfide) groups is 1. The van der Waals surface area contributed by atoms with Crippen LogP contribution in [-0.4, -0.2) is 63.7 Å². The maximum absolute atomic E-state index is 13.0. The Labute approximate surface area is 329 Å². The van der Waals surface area contributed by atoms with E-state index in [9.17, 15) is 24.4 Å². The number of benzene rings is 3. The second-order valence-electron chi connectivity index (χ2n) is 11.2. The number of carbonyl (C=O) groups is 4. The zero-order valence-electron chi connectivity index (χ0n) is 30.9. The van der Waals surface area contributed by atoms with E-state index in [1.54, 1.807) is 48.5 Å². The van der Waals surface area contributed by atoms with Gasteiger partial charge >= 0.3 is 17.9 Å². The van der Waals surface area contributed by atoms with E-state index >= 15 is 0 Å². The minimum atomic E-state index is -0.892. The molecule has 290 valence electrons. The first kappa shape index (κ1) is 43.6. The van der Waals surface area contributed by atoms with Gasteiger partial charge in [0, 0.05) is 17.0 Å². The number of methoxy groups -OCH3 is 2. The van der Waals surface area contributed by atoms with E-state index in [1.165, 1.54) is 38.5 Å². The van der Waals surface area contributed by atoms with Crippen molar-refractivity contribution < 1.29 is 52.3 Å². The largest absolute Gasteiger partial charge is 0.493 e. The van der Waals surface area contributed by atoms with Crippen molar-refractivity contribution in [1.29, 1.82) is 5.26 Å². The maximum atomic E-state index is 13.0. The minimum absolute atomic E-state index is 0.126. The molecule has 14 heteroatoms. The molecule has 56 heavy (non-hydrogen) atoms. The Bertz CT molecular complexity index is 1880. The third kappa shape index (κ3) is 14.6. The Morgan fingerprint density at radius 2 is 1.23 bits per heavy atom. The Hall–Kier alpha value is -6.77. The molecule has 0 N–H and O–H groups in total. The van der Waals surface area contributed by atoms with Gasteiger partial charge in [0.2, 0.25) is 10.8 Å². The Kier molecular flexibility index (Phi) is 18.5. The number of ether oxygens (including phenoxy) is 7. The van der Waals surface area contributed by atoms with E-state index in [0.717, 1.165) is 23.9 Å². The van der Waals surface area contributed by atoms with E-state index in [-0.39, 0.29) is 30.2 Å². The van der Waals surface area contributed by atoms with Crippen LogP contribution in [0.1, 0.15) is 36.8 Å². The Balaban J connectivity index is 1.56. The van der Waals surface area contributed by atoms with Gasteiger partial charge in [0.05, 0.1) is 47.2 Å². The average Bonchev–Trinajstić information content (AvgIpc) is 3.22. The van der Waals surface area contributed by atoms with Crippen molar-refractivity contribution in [2.75, 3.05) is 40.6 Å². The van der Waals surface area contributed by atoms with E-state index in [1.807, 2.05) is 6.07 Å². The molecule has 0 radical (unpaired) electrons. The van der Waals surface area contributed by atoms with Gasteiger partial charge < -0.3 is 33.2 Å². The normalized spacial score (nSPS) is 10.9. The second-order valence-corrected chi connectivity index (χ2v) is 12.3. The zero-order chi connectivity index (χ0) is 40.7. The van der Waals surface area contributed by atoms with Crippen molar-refractivity contribution in [1.82, 2.24) is 0 Å². The zero-order valence-corrected chi connectivity index (χ0v) is 31.8. The molecule has 0 aliphatic heterocycles. The van der Waals surface area contributed by atoms with E-state index in [0.29, 0.717) is 77.9 Å². The molecule has 0 saturated carbocycles. The number of rotatable bonds is 22. The summed E-state index contributed by atoms with van der Waals surface area (Å²) in [6.45, 7) is 15.5. The quantitative estimate of drug-likeness (QED) is 0.0187. The number of hydrogen-bond acceptors (Lipinski definition) is 13. The number of hydrogen-bond donors (Lipinski definition) is 0. The first-order valence-electron chi connectivity index (χ1n) is 17.1. The highest BCUT2D eigenvalue weighted by molar-refractivity contribution is 8.14. The molecule has 0 aromatic heterocycles. The van der Waals surface area contributed by atoms with E-state index in [4.69, 9.17) is 39.7 Å². The van der Waals surface area contributed by atoms with Crippen molar-refractivity contribution in [2.24, 2.45) is 0 Å². The summed E-state index contributed by atoms with van der Waals surface area (Å²) >= 11 is 0.823. The number of unbranched alkanes of at least 4 members (excludes halogenated alkanes) is 2. The van der Waals surface area contributed by atoms with Crippen LogP contribution in [-0.2, 0) is 28.7 Å². The van der Waals surface area contributed by atoms with Crippen molar-refractivity contribution >= 4 is 46.9 Å². The number of nitrogens with zero attached hydrogens (tertiary/aromatic N) is 2. The molecule has 0 fully saturated rings. The standard InChI is InChI=1S/C42H40N2O11S/c1-6-39(45)53-22-10-8-20-51-35-18-12-29(26-37(35)49-4)24-31(28-43)41(47)55-32-14-16-33(17-15-32)56-42(48)34(44-3)25-30-13-19-36(38(27-30)50-5)52-21-9-11-23-54-40(46)7-2/h6-7,12-19,24-27H,1-2,8-11,20-23H2,4-5H3/b31-24+,34-25-. The molecule has 3 rings (SSSR count). The molecule has 0 aliphatic carbocycles. The predicted molar refractivity (Wildman–Crippen MR) is 209 cm³/mol. The molecule has 0 bridgehead atoms. The Morgan fingerprint density at radius 1 is 0.732 bits per heavy atom. The van der Waals surface area contributed by atoms with Crippen LogP contribution in [0, 0.1) is 17.9 Å². The molecule has 0 amide bonds. The first-order chi connectivity index (χ1) is 27.1. The summed E-state index contributed by atoms with van der Waals surface area (Å²) in [5.74, 6) is 0.0283. The van der Waals surface area contributed by atoms with Gasteiger partial charge in [-0.25, -0.2) is 19.2 Å². The molecule has 0 saturated heterocycles. The highest BCUT2D eigenvalue weighted by Crippen LogP contribution is 2.32. The van der Waals surface area contributed by atoms with E-state index in [2.05, 4.69) is 18.0 Å². The fourth-order valence-corrected chi connectivity index (χ4v) is 5.21. The topological polar surface area (TPSA) is 161 Å². The lowest BCUT2D eigenvalue weighted by Crippen LogP contribution is -2.10. The summed E-state index contributed by atoms with van der Waals surface area (Å²) in [7, 11) is 2.94. The van der Waals surface area contributed by atoms with Crippen LogP contribution >= 0.6 is 11.8 Å². The summed E-state index contributed by atoms with van der Waals surface area (Å²) in [5, 5.41) is 9.19. The summed E-state index contributed by atoms with van der Waals surface area (Å²) in [4.78, 5) is 52.0. The molecule has 0 unspecified atom stereocenters. The summed E-state index contributed by atoms with van der Waals surface area (Å²) < 4.78 is 37.7. The van der Waals surface area contributed by atoms with Crippen LogP contribution in [0.2, 0.25) is 0 Å². The van der Waals surface area contributed by atoms with Crippen LogP contribution in [0.3, 0.4) is 0 Å². The third-order valence-electron chi connectivity index (χ3n) is 7.32. The van der Waals surface area contributed by atoms with Gasteiger partial charge in [-0.1, -0.05) is 37.1 Å². The highest BCUT2D eigenvalue weighted by atomic mass is 32.2. The van der Waals surface area contributed by atoms with Gasteiger partial charge in [0.1, 0.15) is 17.4 Å². The lowest BCUT2D eigenvalue weighted by atomic mass is 10.1. The van der Waals surface area contributed by atoms with Crippen molar-refractivity contribution in [2.45, 2.75) is 30.6 Å². The molecule has 0 atom stereocenters. The van der Waals surface area contributed by atoms with E-state index < -0.39 is 23.0 Å². The van der Waals surface area contributed by atoms with Gasteiger partial charge in [0.15, 0.2) is 23.0 Å². The van der Waals surface area contributed by atoms with Crippen LogP contribution < -0.4 is 23.7 Å². The molecular formula is C42H40N2O11S. The van der Waals surface area contributed by atoms with Crippen molar-refractivity contribution in [3.05, 3.63) is 120 Å². The van der Waals surface area contributed by atoms with Crippen molar-refractivity contribution in [3.8, 4) is 34.8 Å². The smallest absolute Gasteiger partial charge is 0.354 e. The molecule has 3 aromatic rings.